The van der Waals surface area contributed by atoms with Crippen LogP contribution in [-0.4, -0.2) is 61.2 Å². The lowest BCUT2D eigenvalue weighted by Crippen LogP contribution is -2.47. The van der Waals surface area contributed by atoms with E-state index in [1.165, 1.54) is 0 Å². The summed E-state index contributed by atoms with van der Waals surface area (Å²) in [6.45, 7) is 26.1. The Morgan fingerprint density at radius 2 is 1.84 bits per heavy atom. The topological polar surface area (TPSA) is 111 Å². The first-order valence-electron chi connectivity index (χ1n) is 18.0. The van der Waals surface area contributed by atoms with Gasteiger partial charge in [-0.2, -0.15) is 5.26 Å². The highest BCUT2D eigenvalue weighted by Gasteiger charge is 2.48. The van der Waals surface area contributed by atoms with E-state index in [2.05, 4.69) is 115 Å². The lowest BCUT2D eigenvalue weighted by molar-refractivity contribution is -0.0773. The van der Waals surface area contributed by atoms with Crippen molar-refractivity contribution in [3.8, 4) is 6.07 Å². The lowest BCUT2D eigenvalue weighted by Gasteiger charge is -2.42. The van der Waals surface area contributed by atoms with Crippen molar-refractivity contribution in [2.75, 3.05) is 18.5 Å². The molecule has 3 aliphatic rings. The van der Waals surface area contributed by atoms with Crippen LogP contribution in [0.25, 0.3) is 11.1 Å². The largest absolute Gasteiger partial charge is 0.413 e. The molecule has 2 unspecified atom stereocenters. The molecule has 1 aliphatic carbocycles. The lowest BCUT2D eigenvalue weighted by atomic mass is 9.77. The monoisotopic (exact) mass is 715 g/mol. The normalized spacial score (nSPS) is 23.3. The highest BCUT2D eigenvalue weighted by molar-refractivity contribution is 6.76. The van der Waals surface area contributed by atoms with Gasteiger partial charge in [-0.15, -0.1) is 0 Å². The molecule has 0 aromatic carbocycles. The number of nitriles is 1. The van der Waals surface area contributed by atoms with E-state index in [4.69, 9.17) is 18.9 Å². The summed E-state index contributed by atoms with van der Waals surface area (Å²) in [6, 6.07) is 7.01. The maximum atomic E-state index is 13.8. The molecule has 1 amide bonds. The quantitative estimate of drug-likeness (QED) is 0.133. The fourth-order valence-electron chi connectivity index (χ4n) is 6.25. The third-order valence-electron chi connectivity index (χ3n) is 10.6. The van der Waals surface area contributed by atoms with Crippen LogP contribution < -0.4 is 5.32 Å². The van der Waals surface area contributed by atoms with Crippen molar-refractivity contribution in [2.24, 2.45) is 5.41 Å². The molecule has 2 aromatic heterocycles. The van der Waals surface area contributed by atoms with Crippen LogP contribution in [-0.2, 0) is 20.6 Å². The molecule has 1 N–H and O–H groups in total. The van der Waals surface area contributed by atoms with Gasteiger partial charge in [-0.3, -0.25) is 4.79 Å². The maximum Gasteiger partial charge on any atom is 0.291 e. The third-order valence-corrected chi connectivity index (χ3v) is 16.8. The van der Waals surface area contributed by atoms with Crippen molar-refractivity contribution < 1.29 is 18.7 Å². The van der Waals surface area contributed by atoms with Crippen LogP contribution in [0.4, 0.5) is 5.69 Å². The zero-order valence-corrected chi connectivity index (χ0v) is 34.1. The number of imidazole rings is 1. The Morgan fingerprint density at radius 3 is 2.48 bits per heavy atom. The van der Waals surface area contributed by atoms with E-state index in [0.29, 0.717) is 25.3 Å². The number of hydrogen-bond acceptors (Lipinski definition) is 7. The second-order valence-electron chi connectivity index (χ2n) is 18.1. The molecular formula is C39H57N5O4Si2. The van der Waals surface area contributed by atoms with Crippen molar-refractivity contribution >= 4 is 39.1 Å². The van der Waals surface area contributed by atoms with Gasteiger partial charge in [0.25, 0.3) is 5.91 Å². The summed E-state index contributed by atoms with van der Waals surface area (Å²) in [5, 5.41) is 12.8. The number of hydrogen-bond donors (Lipinski definition) is 1. The molecule has 11 heteroatoms. The molecule has 2 atom stereocenters. The fraction of sp³-hybridized carbons (Fsp3) is 0.590. The molecular weight excluding hydrogens is 659 g/mol. The van der Waals surface area contributed by atoms with E-state index >= 15 is 0 Å². The molecule has 0 radical (unpaired) electrons. The number of rotatable bonds is 12. The molecule has 0 fully saturated rings. The minimum absolute atomic E-state index is 0.0868. The Balaban J connectivity index is 1.46. The summed E-state index contributed by atoms with van der Waals surface area (Å²) in [6.07, 6.45) is 13.8. The molecule has 0 saturated carbocycles. The van der Waals surface area contributed by atoms with Gasteiger partial charge in [-0.05, 0) is 91.2 Å². The van der Waals surface area contributed by atoms with Crippen LogP contribution in [0.2, 0.25) is 43.8 Å². The number of ether oxygens (including phenoxy) is 2. The van der Waals surface area contributed by atoms with Crippen LogP contribution in [0, 0.1) is 16.7 Å². The molecule has 5 rings (SSSR count). The van der Waals surface area contributed by atoms with Gasteiger partial charge in [0, 0.05) is 27.3 Å². The Kier molecular flexibility index (Phi) is 10.5. The molecule has 2 aliphatic heterocycles. The predicted molar refractivity (Wildman–Crippen MR) is 206 cm³/mol. The van der Waals surface area contributed by atoms with Gasteiger partial charge >= 0.3 is 0 Å². The van der Waals surface area contributed by atoms with Gasteiger partial charge in [0.1, 0.15) is 18.4 Å². The van der Waals surface area contributed by atoms with Gasteiger partial charge in [0.2, 0.25) is 5.82 Å². The summed E-state index contributed by atoms with van der Waals surface area (Å²) in [5.74, 6) is -0.274. The molecule has 2 bridgehead atoms. The Hall–Kier alpha value is -3.15. The Morgan fingerprint density at radius 1 is 1.10 bits per heavy atom. The van der Waals surface area contributed by atoms with Gasteiger partial charge in [0.05, 0.1) is 29.3 Å². The first-order chi connectivity index (χ1) is 23.1. The highest BCUT2D eigenvalue weighted by Crippen LogP contribution is 2.47. The summed E-state index contributed by atoms with van der Waals surface area (Å²) >= 11 is 0. The summed E-state index contributed by atoms with van der Waals surface area (Å²) in [7, 11) is -3.29. The van der Waals surface area contributed by atoms with Crippen molar-refractivity contribution in [1.29, 1.82) is 5.26 Å². The minimum Gasteiger partial charge on any atom is -0.413 e. The van der Waals surface area contributed by atoms with E-state index < -0.39 is 33.5 Å². The number of nitrogens with one attached hydrogen (secondary N) is 1. The Bertz CT molecular complexity index is 1750. The van der Waals surface area contributed by atoms with E-state index in [0.717, 1.165) is 47.8 Å². The highest BCUT2D eigenvalue weighted by atomic mass is 28.4. The predicted octanol–water partition coefficient (Wildman–Crippen LogP) is 9.20. The van der Waals surface area contributed by atoms with E-state index in [1.807, 2.05) is 12.1 Å². The number of amides is 1. The van der Waals surface area contributed by atoms with Crippen LogP contribution in [0.5, 0.6) is 0 Å². The van der Waals surface area contributed by atoms with Crippen molar-refractivity contribution in [3.05, 3.63) is 65.5 Å². The second-order valence-corrected chi connectivity index (χ2v) is 28.6. The summed E-state index contributed by atoms with van der Waals surface area (Å²) in [5.41, 5.74) is 3.72. The smallest absolute Gasteiger partial charge is 0.291 e. The molecule has 2 aromatic rings. The molecule has 0 saturated heterocycles. The number of carbonyl (C=O) groups is 1. The standard InChI is InChI=1S/C39H57N5O4Si2/c1-36(2,3)50(10,11)47-26-39-19-18-38(6,48-39)22-29(23-39)31-12-13-32(33(42-31)28-14-16-37(4,5)17-15-28)43-35(45)34-41-30(24-40)25-44(34)27-46-20-21-49(7,8)9/h12-14,18-19,23,25H,15-17,20-22,26-27H2,1-11H3,(H,43,45). The first-order valence-corrected chi connectivity index (χ1v) is 24.6. The summed E-state index contributed by atoms with van der Waals surface area (Å²) in [4.78, 5) is 23.5. The Labute approximate surface area is 301 Å². The zero-order valence-electron chi connectivity index (χ0n) is 32.1. The zero-order chi connectivity index (χ0) is 36.8. The first kappa shape index (κ1) is 38.1. The van der Waals surface area contributed by atoms with Crippen molar-refractivity contribution in [2.45, 2.75) is 129 Å². The van der Waals surface area contributed by atoms with Crippen LogP contribution in [0.15, 0.2) is 42.6 Å². The average molecular weight is 716 g/mol. The number of allylic oxidation sites excluding steroid dienone is 2. The maximum absolute atomic E-state index is 13.8. The number of nitrogens with zero attached hydrogens (tertiary/aromatic N) is 4. The number of carbonyl (C=O) groups excluding carboxylic acids is 1. The number of fused-ring (bicyclic) bond motifs is 2. The average Bonchev–Trinajstić information content (AvgIpc) is 3.54. The van der Waals surface area contributed by atoms with E-state index in [9.17, 15) is 10.1 Å². The minimum atomic E-state index is -2.01. The summed E-state index contributed by atoms with van der Waals surface area (Å²) < 4.78 is 20.9. The second kappa shape index (κ2) is 13.8. The number of anilines is 1. The van der Waals surface area contributed by atoms with Crippen molar-refractivity contribution in [3.63, 3.8) is 0 Å². The molecule has 0 spiro atoms. The molecule has 4 heterocycles. The third kappa shape index (κ3) is 8.83. The van der Waals surface area contributed by atoms with Gasteiger partial charge in [-0.25, -0.2) is 9.97 Å². The van der Waals surface area contributed by atoms with Gasteiger partial charge in [0.15, 0.2) is 14.0 Å². The van der Waals surface area contributed by atoms with Gasteiger partial charge in [-0.1, -0.05) is 66.4 Å². The van der Waals surface area contributed by atoms with E-state index in [-0.39, 0.29) is 28.7 Å². The van der Waals surface area contributed by atoms with Crippen molar-refractivity contribution in [1.82, 2.24) is 14.5 Å². The fourth-order valence-corrected chi connectivity index (χ4v) is 8.03. The van der Waals surface area contributed by atoms with Crippen LogP contribution in [0.1, 0.15) is 94.9 Å². The number of aromatic nitrogens is 3. The number of pyridine rings is 1. The van der Waals surface area contributed by atoms with Crippen LogP contribution in [0.3, 0.4) is 0 Å². The molecule has 270 valence electrons. The molecule has 50 heavy (non-hydrogen) atoms. The van der Waals surface area contributed by atoms with Gasteiger partial charge < -0.3 is 23.8 Å². The van der Waals surface area contributed by atoms with E-state index in [1.54, 1.807) is 10.8 Å². The van der Waals surface area contributed by atoms with Crippen LogP contribution >= 0.6 is 0 Å². The SMILES string of the molecule is CC1(C)CC=C(c2nc(C3=CC4(CO[Si](C)(C)C(C)(C)C)C=CC(C)(C3)O4)ccc2NC(=O)c2nc(C#N)cn2COCC[Si](C)(C)C)CC1. The molecule has 9 nitrogen and oxygen atoms in total.